The average molecular weight is 395 g/mol. The van der Waals surface area contributed by atoms with Gasteiger partial charge in [-0.25, -0.2) is 4.39 Å². The van der Waals surface area contributed by atoms with Gasteiger partial charge in [0.15, 0.2) is 17.5 Å². The third-order valence-corrected chi connectivity index (χ3v) is 3.88. The molecule has 2 aromatic carbocycles. The van der Waals surface area contributed by atoms with Crippen LogP contribution >= 0.6 is 0 Å². The van der Waals surface area contributed by atoms with Gasteiger partial charge < -0.3 is 20.1 Å². The topological polar surface area (TPSA) is 54.9 Å². The van der Waals surface area contributed by atoms with Crippen molar-refractivity contribution in [2.75, 3.05) is 20.2 Å². The second-order valence-electron chi connectivity index (χ2n) is 5.75. The largest absolute Gasteiger partial charge is 0.490 e. The fourth-order valence-corrected chi connectivity index (χ4v) is 2.61. The Bertz CT molecular complexity index is 785. The lowest BCUT2D eigenvalue weighted by atomic mass is 10.1. The zero-order valence-electron chi connectivity index (χ0n) is 15.8. The van der Waals surface area contributed by atoms with Gasteiger partial charge in [-0.05, 0) is 31.0 Å². The molecule has 28 heavy (non-hydrogen) atoms. The molecule has 0 amide bonds. The van der Waals surface area contributed by atoms with Crippen molar-refractivity contribution >= 4 is 5.96 Å². The Labute approximate surface area is 162 Å². The molecule has 0 unspecified atom stereocenters. The zero-order valence-corrected chi connectivity index (χ0v) is 15.8. The maximum absolute atomic E-state index is 13.7. The monoisotopic (exact) mass is 395 g/mol. The molecule has 8 heteroatoms. The number of benzene rings is 2. The Morgan fingerprint density at radius 3 is 2.50 bits per heavy atom. The fourth-order valence-electron chi connectivity index (χ4n) is 2.61. The molecule has 0 atom stereocenters. The van der Waals surface area contributed by atoms with Gasteiger partial charge in [0.25, 0.3) is 0 Å². The van der Waals surface area contributed by atoms with Crippen molar-refractivity contribution < 1.29 is 22.6 Å². The van der Waals surface area contributed by atoms with Crippen LogP contribution in [0.15, 0.2) is 47.5 Å². The molecule has 2 aromatic rings. The van der Waals surface area contributed by atoms with Crippen molar-refractivity contribution in [3.05, 3.63) is 59.4 Å². The Kier molecular flexibility index (Phi) is 8.45. The Hall–Kier alpha value is -2.90. The SMILES string of the molecule is CCOc1cccc(CNC(=NC)NCCc2ccccc2F)c1OC(F)F. The molecule has 0 fully saturated rings. The Balaban J connectivity index is 1.97. The van der Waals surface area contributed by atoms with Crippen LogP contribution in [0, 0.1) is 5.82 Å². The number of para-hydroxylation sites is 1. The first kappa shape index (κ1) is 21.4. The van der Waals surface area contributed by atoms with E-state index in [1.54, 1.807) is 50.4 Å². The molecule has 2 N–H and O–H groups in total. The van der Waals surface area contributed by atoms with Gasteiger partial charge in [-0.1, -0.05) is 30.3 Å². The van der Waals surface area contributed by atoms with Crippen LogP contribution in [-0.4, -0.2) is 32.8 Å². The average Bonchev–Trinajstić information content (AvgIpc) is 2.67. The summed E-state index contributed by atoms with van der Waals surface area (Å²) in [6.45, 7) is -0.213. The molecule has 152 valence electrons. The number of nitrogens with zero attached hydrogens (tertiary/aromatic N) is 1. The van der Waals surface area contributed by atoms with E-state index in [2.05, 4.69) is 20.4 Å². The second kappa shape index (κ2) is 11.1. The molecule has 0 aliphatic heterocycles. The highest BCUT2D eigenvalue weighted by Gasteiger charge is 2.16. The predicted octanol–water partition coefficient (Wildman–Crippen LogP) is 3.73. The molecule has 0 aliphatic carbocycles. The standard InChI is InChI=1S/C20H24F3N3O2/c1-3-27-17-10-6-8-15(18(17)28-19(22)23)13-26-20(24-2)25-12-11-14-7-4-5-9-16(14)21/h4-10,19H,3,11-13H2,1-2H3,(H2,24,25,26). The minimum Gasteiger partial charge on any atom is -0.490 e. The number of aliphatic imine (C=N–C) groups is 1. The lowest BCUT2D eigenvalue weighted by Crippen LogP contribution is -2.38. The zero-order chi connectivity index (χ0) is 20.4. The minimum absolute atomic E-state index is 0.00587. The van der Waals surface area contributed by atoms with E-state index in [4.69, 9.17) is 4.74 Å². The number of rotatable bonds is 9. The highest BCUT2D eigenvalue weighted by atomic mass is 19.3. The third-order valence-electron chi connectivity index (χ3n) is 3.88. The minimum atomic E-state index is -2.96. The number of alkyl halides is 2. The van der Waals surface area contributed by atoms with Gasteiger partial charge in [-0.3, -0.25) is 4.99 Å². The highest BCUT2D eigenvalue weighted by Crippen LogP contribution is 2.32. The third kappa shape index (κ3) is 6.37. The van der Waals surface area contributed by atoms with Crippen LogP contribution < -0.4 is 20.1 Å². The van der Waals surface area contributed by atoms with Gasteiger partial charge in [0.1, 0.15) is 5.82 Å². The number of halogens is 3. The highest BCUT2D eigenvalue weighted by molar-refractivity contribution is 5.79. The van der Waals surface area contributed by atoms with E-state index in [9.17, 15) is 13.2 Å². The number of nitrogens with one attached hydrogen (secondary N) is 2. The van der Waals surface area contributed by atoms with Crippen molar-refractivity contribution in [2.45, 2.75) is 26.5 Å². The smallest absolute Gasteiger partial charge is 0.387 e. The van der Waals surface area contributed by atoms with Crippen LogP contribution in [0.25, 0.3) is 0 Å². The van der Waals surface area contributed by atoms with Gasteiger partial charge >= 0.3 is 6.61 Å². The summed E-state index contributed by atoms with van der Waals surface area (Å²) >= 11 is 0. The van der Waals surface area contributed by atoms with E-state index in [1.165, 1.54) is 6.07 Å². The lowest BCUT2D eigenvalue weighted by Gasteiger charge is -2.17. The molecule has 0 spiro atoms. The van der Waals surface area contributed by atoms with E-state index < -0.39 is 6.61 Å². The summed E-state index contributed by atoms with van der Waals surface area (Å²) in [7, 11) is 1.59. The number of hydrogen-bond donors (Lipinski definition) is 2. The number of guanidine groups is 1. The summed E-state index contributed by atoms with van der Waals surface area (Å²) in [6, 6.07) is 11.5. The Morgan fingerprint density at radius 1 is 1.07 bits per heavy atom. The molecule has 0 aliphatic rings. The summed E-state index contributed by atoms with van der Waals surface area (Å²) in [4.78, 5) is 4.09. The van der Waals surface area contributed by atoms with Crippen molar-refractivity contribution in [2.24, 2.45) is 4.99 Å². The van der Waals surface area contributed by atoms with E-state index in [1.807, 2.05) is 0 Å². The van der Waals surface area contributed by atoms with Crippen LogP contribution in [0.5, 0.6) is 11.5 Å². The van der Waals surface area contributed by atoms with Crippen LogP contribution in [0.3, 0.4) is 0 Å². The normalized spacial score (nSPS) is 11.4. The number of ether oxygens (including phenoxy) is 2. The van der Waals surface area contributed by atoms with Crippen molar-refractivity contribution in [3.8, 4) is 11.5 Å². The van der Waals surface area contributed by atoms with Crippen LogP contribution in [0.4, 0.5) is 13.2 Å². The molecule has 0 bridgehead atoms. The van der Waals surface area contributed by atoms with Crippen LogP contribution in [0.2, 0.25) is 0 Å². The lowest BCUT2D eigenvalue weighted by molar-refractivity contribution is -0.0520. The maximum atomic E-state index is 13.7. The first-order chi connectivity index (χ1) is 13.5. The van der Waals surface area contributed by atoms with Crippen LogP contribution in [0.1, 0.15) is 18.1 Å². The fraction of sp³-hybridized carbons (Fsp3) is 0.350. The predicted molar refractivity (Wildman–Crippen MR) is 103 cm³/mol. The van der Waals surface area contributed by atoms with E-state index in [-0.39, 0.29) is 23.9 Å². The summed E-state index contributed by atoms with van der Waals surface area (Å²) in [5, 5.41) is 6.10. The van der Waals surface area contributed by atoms with Gasteiger partial charge in [-0.2, -0.15) is 8.78 Å². The summed E-state index contributed by atoms with van der Waals surface area (Å²) in [5.74, 6) is 0.452. The second-order valence-corrected chi connectivity index (χ2v) is 5.75. The summed E-state index contributed by atoms with van der Waals surface area (Å²) in [5.41, 5.74) is 1.10. The van der Waals surface area contributed by atoms with E-state index in [0.717, 1.165) is 0 Å². The first-order valence-corrected chi connectivity index (χ1v) is 8.92. The van der Waals surface area contributed by atoms with Gasteiger partial charge in [0.05, 0.1) is 6.61 Å². The van der Waals surface area contributed by atoms with Crippen molar-refractivity contribution in [1.82, 2.24) is 10.6 Å². The molecule has 0 saturated heterocycles. The molecule has 0 saturated carbocycles. The molecular weight excluding hydrogens is 371 g/mol. The van der Waals surface area contributed by atoms with E-state index >= 15 is 0 Å². The van der Waals surface area contributed by atoms with Crippen molar-refractivity contribution in [1.29, 1.82) is 0 Å². The Morgan fingerprint density at radius 2 is 1.82 bits per heavy atom. The molecular formula is C20H24F3N3O2. The number of hydrogen-bond acceptors (Lipinski definition) is 3. The molecule has 0 aromatic heterocycles. The molecule has 0 radical (unpaired) electrons. The van der Waals surface area contributed by atoms with E-state index in [0.29, 0.717) is 36.7 Å². The quantitative estimate of drug-likeness (QED) is 0.502. The summed E-state index contributed by atoms with van der Waals surface area (Å²) < 4.78 is 49.2. The molecule has 2 rings (SSSR count). The van der Waals surface area contributed by atoms with Crippen LogP contribution in [-0.2, 0) is 13.0 Å². The molecule has 0 heterocycles. The van der Waals surface area contributed by atoms with Gasteiger partial charge in [0.2, 0.25) is 0 Å². The van der Waals surface area contributed by atoms with Gasteiger partial charge in [-0.15, -0.1) is 0 Å². The maximum Gasteiger partial charge on any atom is 0.387 e. The van der Waals surface area contributed by atoms with Crippen molar-refractivity contribution in [3.63, 3.8) is 0 Å². The molecule has 5 nitrogen and oxygen atoms in total. The van der Waals surface area contributed by atoms with Gasteiger partial charge in [0, 0.05) is 25.7 Å². The first-order valence-electron chi connectivity index (χ1n) is 8.92. The summed E-state index contributed by atoms with van der Waals surface area (Å²) in [6.07, 6.45) is 0.479.